The molecule has 0 amide bonds. The molecule has 140 valence electrons. The predicted octanol–water partition coefficient (Wildman–Crippen LogP) is 2.06. The Hall–Kier alpha value is -2.34. The minimum absolute atomic E-state index is 0.821. The third kappa shape index (κ3) is 5.33. The third-order valence-corrected chi connectivity index (χ3v) is 4.80. The van der Waals surface area contributed by atoms with E-state index in [1.54, 1.807) is 6.20 Å². The van der Waals surface area contributed by atoms with Crippen LogP contribution in [0.25, 0.3) is 5.69 Å². The van der Waals surface area contributed by atoms with Gasteiger partial charge in [-0.15, -0.1) is 0 Å². The van der Waals surface area contributed by atoms with Gasteiger partial charge in [-0.2, -0.15) is 5.10 Å². The fourth-order valence-electron chi connectivity index (χ4n) is 3.14. The van der Waals surface area contributed by atoms with Crippen LogP contribution in [-0.4, -0.2) is 59.9 Å². The van der Waals surface area contributed by atoms with Crippen molar-refractivity contribution in [3.63, 3.8) is 0 Å². The van der Waals surface area contributed by atoms with Gasteiger partial charge in [-0.3, -0.25) is 9.89 Å². The molecule has 2 N–H and O–H groups in total. The maximum absolute atomic E-state index is 4.31. The van der Waals surface area contributed by atoms with E-state index in [0.717, 1.165) is 50.3 Å². The molecule has 0 aliphatic heterocycles. The molecular weight excluding hydrogens is 324 g/mol. The third-order valence-electron chi connectivity index (χ3n) is 4.80. The molecule has 6 nitrogen and oxygen atoms in total. The van der Waals surface area contributed by atoms with Gasteiger partial charge >= 0.3 is 0 Å². The van der Waals surface area contributed by atoms with Crippen LogP contribution in [0.5, 0.6) is 0 Å². The number of aliphatic imine (C=N–C) groups is 1. The second kappa shape index (κ2) is 9.38. The van der Waals surface area contributed by atoms with Crippen LogP contribution in [0.3, 0.4) is 0 Å². The van der Waals surface area contributed by atoms with Crippen LogP contribution in [0.4, 0.5) is 0 Å². The summed E-state index contributed by atoms with van der Waals surface area (Å²) in [7, 11) is 1.83. The standard InChI is InChI=1S/C20H30N6/c1-3-25(18-9-10-18)16-14-23-20(21-2)22-13-11-17-5-7-19(8-6-17)26-15-4-12-24-26/h4-8,12,15,18H,3,9-11,13-14,16H2,1-2H3,(H2,21,22,23). The van der Waals surface area contributed by atoms with Gasteiger partial charge < -0.3 is 10.6 Å². The Labute approximate surface area is 156 Å². The Kier molecular flexibility index (Phi) is 6.66. The SMILES string of the molecule is CCN(CCNC(=NC)NCCc1ccc(-n2cccn2)cc1)C1CC1. The molecule has 0 spiro atoms. The van der Waals surface area contributed by atoms with E-state index >= 15 is 0 Å². The Balaban J connectivity index is 1.37. The van der Waals surface area contributed by atoms with Gasteiger partial charge in [0.25, 0.3) is 0 Å². The average Bonchev–Trinajstić information content (AvgIpc) is 3.37. The smallest absolute Gasteiger partial charge is 0.191 e. The van der Waals surface area contributed by atoms with Crippen molar-refractivity contribution in [2.24, 2.45) is 4.99 Å². The summed E-state index contributed by atoms with van der Waals surface area (Å²) in [6, 6.07) is 11.3. The van der Waals surface area contributed by atoms with Crippen molar-refractivity contribution in [3.05, 3.63) is 48.3 Å². The molecular formula is C20H30N6. The van der Waals surface area contributed by atoms with Crippen molar-refractivity contribution in [2.45, 2.75) is 32.2 Å². The van der Waals surface area contributed by atoms with E-state index in [0.29, 0.717) is 0 Å². The fourth-order valence-corrected chi connectivity index (χ4v) is 3.14. The minimum atomic E-state index is 0.821. The van der Waals surface area contributed by atoms with Crippen molar-refractivity contribution >= 4 is 5.96 Å². The minimum Gasteiger partial charge on any atom is -0.356 e. The first-order chi connectivity index (χ1) is 12.8. The fraction of sp³-hybridized carbons (Fsp3) is 0.500. The predicted molar refractivity (Wildman–Crippen MR) is 107 cm³/mol. The quantitative estimate of drug-likeness (QED) is 0.535. The lowest BCUT2D eigenvalue weighted by molar-refractivity contribution is 0.282. The second-order valence-electron chi connectivity index (χ2n) is 6.65. The van der Waals surface area contributed by atoms with Crippen molar-refractivity contribution in [2.75, 3.05) is 33.2 Å². The monoisotopic (exact) mass is 354 g/mol. The van der Waals surface area contributed by atoms with Crippen molar-refractivity contribution in [3.8, 4) is 5.69 Å². The van der Waals surface area contributed by atoms with Gasteiger partial charge in [0.2, 0.25) is 0 Å². The molecule has 1 aromatic heterocycles. The van der Waals surface area contributed by atoms with Crippen LogP contribution in [0.15, 0.2) is 47.7 Å². The van der Waals surface area contributed by atoms with Crippen molar-refractivity contribution in [1.29, 1.82) is 0 Å². The van der Waals surface area contributed by atoms with Crippen molar-refractivity contribution in [1.82, 2.24) is 25.3 Å². The van der Waals surface area contributed by atoms with E-state index in [1.165, 1.54) is 18.4 Å². The Morgan fingerprint density at radius 3 is 2.62 bits per heavy atom. The van der Waals surface area contributed by atoms with Gasteiger partial charge in [0.15, 0.2) is 5.96 Å². The van der Waals surface area contributed by atoms with Crippen LogP contribution >= 0.6 is 0 Å². The van der Waals surface area contributed by atoms with Gasteiger partial charge in [0.05, 0.1) is 5.69 Å². The van der Waals surface area contributed by atoms with Crippen LogP contribution in [0.2, 0.25) is 0 Å². The molecule has 1 saturated carbocycles. The molecule has 1 heterocycles. The second-order valence-corrected chi connectivity index (χ2v) is 6.65. The first-order valence-corrected chi connectivity index (χ1v) is 9.57. The molecule has 0 saturated heterocycles. The zero-order valence-corrected chi connectivity index (χ0v) is 15.9. The van der Waals surface area contributed by atoms with Crippen LogP contribution in [0.1, 0.15) is 25.3 Å². The molecule has 0 bridgehead atoms. The lowest BCUT2D eigenvalue weighted by atomic mass is 10.1. The molecule has 0 unspecified atom stereocenters. The highest BCUT2D eigenvalue weighted by Crippen LogP contribution is 2.25. The molecule has 6 heteroatoms. The summed E-state index contributed by atoms with van der Waals surface area (Å²) in [5.41, 5.74) is 2.38. The first kappa shape index (κ1) is 18.5. The Morgan fingerprint density at radius 1 is 1.23 bits per heavy atom. The van der Waals surface area contributed by atoms with E-state index in [1.807, 2.05) is 24.0 Å². The number of likely N-dealkylation sites (N-methyl/N-ethyl adjacent to an activating group) is 1. The highest BCUT2D eigenvalue weighted by atomic mass is 15.3. The topological polar surface area (TPSA) is 57.5 Å². The number of hydrogen-bond donors (Lipinski definition) is 2. The largest absolute Gasteiger partial charge is 0.356 e. The number of benzene rings is 1. The number of aromatic nitrogens is 2. The molecule has 1 aromatic carbocycles. The molecule has 3 rings (SSSR count). The molecule has 0 radical (unpaired) electrons. The number of guanidine groups is 1. The number of nitrogens with one attached hydrogen (secondary N) is 2. The average molecular weight is 355 g/mol. The van der Waals surface area contributed by atoms with E-state index in [2.05, 4.69) is 56.8 Å². The van der Waals surface area contributed by atoms with E-state index in [9.17, 15) is 0 Å². The van der Waals surface area contributed by atoms with E-state index < -0.39 is 0 Å². The Bertz CT molecular complexity index is 673. The van der Waals surface area contributed by atoms with Gasteiger partial charge in [0.1, 0.15) is 0 Å². The normalized spacial score (nSPS) is 14.7. The van der Waals surface area contributed by atoms with E-state index in [-0.39, 0.29) is 0 Å². The molecule has 26 heavy (non-hydrogen) atoms. The van der Waals surface area contributed by atoms with Gasteiger partial charge in [-0.25, -0.2) is 4.68 Å². The van der Waals surface area contributed by atoms with Crippen LogP contribution < -0.4 is 10.6 Å². The first-order valence-electron chi connectivity index (χ1n) is 9.57. The van der Waals surface area contributed by atoms with Crippen LogP contribution in [-0.2, 0) is 6.42 Å². The highest BCUT2D eigenvalue weighted by Gasteiger charge is 2.27. The number of nitrogens with zero attached hydrogens (tertiary/aromatic N) is 4. The maximum Gasteiger partial charge on any atom is 0.191 e. The summed E-state index contributed by atoms with van der Waals surface area (Å²) >= 11 is 0. The van der Waals surface area contributed by atoms with Gasteiger partial charge in [0, 0.05) is 45.1 Å². The summed E-state index contributed by atoms with van der Waals surface area (Å²) in [6.45, 7) is 6.25. The summed E-state index contributed by atoms with van der Waals surface area (Å²) in [4.78, 5) is 6.86. The molecule has 2 aromatic rings. The van der Waals surface area contributed by atoms with Crippen molar-refractivity contribution < 1.29 is 0 Å². The summed E-state index contributed by atoms with van der Waals surface area (Å²) < 4.78 is 1.87. The lowest BCUT2D eigenvalue weighted by Gasteiger charge is -2.20. The summed E-state index contributed by atoms with van der Waals surface area (Å²) in [6.07, 6.45) is 7.43. The Morgan fingerprint density at radius 2 is 2.00 bits per heavy atom. The maximum atomic E-state index is 4.31. The number of hydrogen-bond acceptors (Lipinski definition) is 3. The molecule has 0 atom stereocenters. The zero-order chi connectivity index (χ0) is 18.2. The summed E-state index contributed by atoms with van der Waals surface area (Å²) in [5.74, 6) is 0.880. The molecule has 1 aliphatic rings. The highest BCUT2D eigenvalue weighted by molar-refractivity contribution is 5.79. The van der Waals surface area contributed by atoms with E-state index in [4.69, 9.17) is 0 Å². The van der Waals surface area contributed by atoms with Gasteiger partial charge in [-0.1, -0.05) is 19.1 Å². The number of rotatable bonds is 9. The lowest BCUT2D eigenvalue weighted by Crippen LogP contribution is -2.42. The molecule has 1 aliphatic carbocycles. The van der Waals surface area contributed by atoms with Crippen LogP contribution in [0, 0.1) is 0 Å². The molecule has 1 fully saturated rings. The summed E-state index contributed by atoms with van der Waals surface area (Å²) in [5, 5.41) is 11.1. The van der Waals surface area contributed by atoms with Gasteiger partial charge in [-0.05, 0) is 49.6 Å². The zero-order valence-electron chi connectivity index (χ0n) is 15.9.